The van der Waals surface area contributed by atoms with Crippen LogP contribution in [0.2, 0.25) is 0 Å². The molecular formula is C8H9F2NO3S. The van der Waals surface area contributed by atoms with Gasteiger partial charge in [-0.3, -0.25) is 0 Å². The summed E-state index contributed by atoms with van der Waals surface area (Å²) in [7, 11) is 0. The molecule has 0 saturated heterocycles. The first-order chi connectivity index (χ1) is 6.86. The number of carbonyl (C=O) groups is 1. The van der Waals surface area contributed by atoms with E-state index in [1.54, 1.807) is 6.92 Å². The van der Waals surface area contributed by atoms with Crippen LogP contribution in [0.4, 0.5) is 8.78 Å². The molecule has 7 heteroatoms. The molecule has 0 aliphatic carbocycles. The standard InChI is InChI=1S/C8H9F2NO3S/c1-3-14-6(13)4-5(12)11-7(15-4)8(2,9)10/h12H,3H2,1-2H3. The maximum Gasteiger partial charge on any atom is 0.353 e. The Morgan fingerprint density at radius 1 is 1.67 bits per heavy atom. The van der Waals surface area contributed by atoms with E-state index in [1.807, 2.05) is 0 Å². The molecule has 1 heterocycles. The van der Waals surface area contributed by atoms with Crippen LogP contribution in [0.3, 0.4) is 0 Å². The normalized spacial score (nSPS) is 11.5. The second-order valence-electron chi connectivity index (χ2n) is 2.78. The van der Waals surface area contributed by atoms with Crippen molar-refractivity contribution in [1.82, 2.24) is 4.98 Å². The second kappa shape index (κ2) is 4.09. The topological polar surface area (TPSA) is 59.4 Å². The van der Waals surface area contributed by atoms with E-state index in [-0.39, 0.29) is 11.5 Å². The van der Waals surface area contributed by atoms with Crippen LogP contribution in [0.25, 0.3) is 0 Å². The van der Waals surface area contributed by atoms with Crippen molar-refractivity contribution in [2.45, 2.75) is 19.8 Å². The predicted molar refractivity (Wildman–Crippen MR) is 49.3 cm³/mol. The van der Waals surface area contributed by atoms with Gasteiger partial charge in [0.1, 0.15) is 0 Å². The smallest absolute Gasteiger partial charge is 0.353 e. The molecule has 0 aromatic carbocycles. The average molecular weight is 237 g/mol. The van der Waals surface area contributed by atoms with Crippen LogP contribution in [-0.2, 0) is 10.7 Å². The van der Waals surface area contributed by atoms with E-state index in [0.717, 1.165) is 0 Å². The van der Waals surface area contributed by atoms with Gasteiger partial charge in [0.25, 0.3) is 5.92 Å². The van der Waals surface area contributed by atoms with Gasteiger partial charge >= 0.3 is 5.97 Å². The number of aromatic nitrogens is 1. The molecule has 0 unspecified atom stereocenters. The molecule has 1 aromatic heterocycles. The molecule has 0 aliphatic heterocycles. The lowest BCUT2D eigenvalue weighted by Gasteiger charge is -2.03. The minimum absolute atomic E-state index is 0.105. The van der Waals surface area contributed by atoms with Gasteiger partial charge < -0.3 is 9.84 Å². The highest BCUT2D eigenvalue weighted by Crippen LogP contribution is 2.35. The molecule has 1 N–H and O–H groups in total. The Kier molecular flexibility index (Phi) is 3.23. The van der Waals surface area contributed by atoms with Gasteiger partial charge in [0.2, 0.25) is 5.88 Å². The van der Waals surface area contributed by atoms with Crippen molar-refractivity contribution in [2.75, 3.05) is 6.61 Å². The molecule has 1 rings (SSSR count). The molecule has 0 amide bonds. The summed E-state index contributed by atoms with van der Waals surface area (Å²) in [6.45, 7) is 2.32. The third-order valence-corrected chi connectivity index (χ3v) is 2.64. The lowest BCUT2D eigenvalue weighted by Crippen LogP contribution is -2.05. The first-order valence-corrected chi connectivity index (χ1v) is 4.93. The number of hydrogen-bond donors (Lipinski definition) is 1. The summed E-state index contributed by atoms with van der Waals surface area (Å²) < 4.78 is 30.1. The molecule has 15 heavy (non-hydrogen) atoms. The van der Waals surface area contributed by atoms with Crippen LogP contribution in [0.15, 0.2) is 0 Å². The Hall–Kier alpha value is -1.24. The van der Waals surface area contributed by atoms with E-state index < -0.39 is 22.8 Å². The van der Waals surface area contributed by atoms with Gasteiger partial charge in [-0.1, -0.05) is 0 Å². The second-order valence-corrected chi connectivity index (χ2v) is 3.78. The van der Waals surface area contributed by atoms with E-state index in [0.29, 0.717) is 18.3 Å². The van der Waals surface area contributed by atoms with E-state index in [4.69, 9.17) is 5.11 Å². The van der Waals surface area contributed by atoms with Crippen molar-refractivity contribution < 1.29 is 23.4 Å². The molecule has 0 fully saturated rings. The zero-order chi connectivity index (χ0) is 11.6. The van der Waals surface area contributed by atoms with Crippen molar-refractivity contribution >= 4 is 17.3 Å². The number of alkyl halides is 2. The quantitative estimate of drug-likeness (QED) is 0.818. The summed E-state index contributed by atoms with van der Waals surface area (Å²) in [5.74, 6) is -4.73. The van der Waals surface area contributed by atoms with E-state index in [9.17, 15) is 13.6 Å². The van der Waals surface area contributed by atoms with Gasteiger partial charge in [-0.2, -0.15) is 13.8 Å². The Balaban J connectivity index is 3.02. The minimum atomic E-state index is -3.17. The molecule has 1 aromatic rings. The van der Waals surface area contributed by atoms with Crippen molar-refractivity contribution in [2.24, 2.45) is 0 Å². The number of aromatic hydroxyl groups is 1. The summed E-state index contributed by atoms with van der Waals surface area (Å²) in [6, 6.07) is 0. The average Bonchev–Trinajstić information content (AvgIpc) is 2.47. The van der Waals surface area contributed by atoms with Crippen molar-refractivity contribution in [3.8, 4) is 5.88 Å². The van der Waals surface area contributed by atoms with Crippen LogP contribution >= 0.6 is 11.3 Å². The van der Waals surface area contributed by atoms with E-state index >= 15 is 0 Å². The largest absolute Gasteiger partial charge is 0.492 e. The zero-order valence-electron chi connectivity index (χ0n) is 8.08. The predicted octanol–water partition coefficient (Wildman–Crippen LogP) is 2.14. The molecule has 0 aliphatic rings. The summed E-state index contributed by atoms with van der Waals surface area (Å²) in [4.78, 5) is 14.1. The third kappa shape index (κ3) is 2.62. The summed E-state index contributed by atoms with van der Waals surface area (Å²) in [5, 5.41) is 8.55. The number of halogens is 2. The highest BCUT2D eigenvalue weighted by Gasteiger charge is 2.32. The van der Waals surface area contributed by atoms with Crippen molar-refractivity contribution in [3.63, 3.8) is 0 Å². The lowest BCUT2D eigenvalue weighted by molar-refractivity contribution is 0.0168. The fourth-order valence-corrected chi connectivity index (χ4v) is 1.61. The number of carbonyl (C=O) groups excluding carboxylic acids is 1. The van der Waals surface area contributed by atoms with Crippen molar-refractivity contribution in [1.29, 1.82) is 0 Å². The summed E-state index contributed by atoms with van der Waals surface area (Å²) >= 11 is 0.429. The zero-order valence-corrected chi connectivity index (χ0v) is 8.90. The van der Waals surface area contributed by atoms with Crippen LogP contribution in [0, 0.1) is 0 Å². The molecule has 0 radical (unpaired) electrons. The Labute approximate surface area is 88.5 Å². The van der Waals surface area contributed by atoms with Crippen LogP contribution in [0.1, 0.15) is 28.5 Å². The maximum atomic E-state index is 12.8. The van der Waals surface area contributed by atoms with Crippen LogP contribution in [-0.4, -0.2) is 22.7 Å². The Bertz CT molecular complexity index is 372. The fraction of sp³-hybridized carbons (Fsp3) is 0.500. The molecular weight excluding hydrogens is 228 g/mol. The Morgan fingerprint density at radius 2 is 2.27 bits per heavy atom. The van der Waals surface area contributed by atoms with Gasteiger partial charge in [0.15, 0.2) is 9.88 Å². The molecule has 84 valence electrons. The fourth-order valence-electron chi connectivity index (χ4n) is 0.829. The van der Waals surface area contributed by atoms with Crippen LogP contribution in [0.5, 0.6) is 5.88 Å². The van der Waals surface area contributed by atoms with Gasteiger partial charge in [-0.25, -0.2) is 4.79 Å². The highest BCUT2D eigenvalue weighted by molar-refractivity contribution is 7.14. The number of ether oxygens (including phenoxy) is 1. The number of hydrogen-bond acceptors (Lipinski definition) is 5. The van der Waals surface area contributed by atoms with Gasteiger partial charge in [-0.05, 0) is 6.92 Å². The maximum absolute atomic E-state index is 12.8. The number of nitrogens with zero attached hydrogens (tertiary/aromatic N) is 1. The molecule has 0 spiro atoms. The van der Waals surface area contributed by atoms with Gasteiger partial charge in [0.05, 0.1) is 6.61 Å². The number of thiazole rings is 1. The summed E-state index contributed by atoms with van der Waals surface area (Å²) in [5.41, 5.74) is 0. The molecule has 0 saturated carbocycles. The molecule has 0 atom stereocenters. The number of esters is 1. The summed E-state index contributed by atoms with van der Waals surface area (Å²) in [6.07, 6.45) is 0. The van der Waals surface area contributed by atoms with Gasteiger partial charge in [-0.15, -0.1) is 11.3 Å². The minimum Gasteiger partial charge on any atom is -0.492 e. The van der Waals surface area contributed by atoms with E-state index in [1.165, 1.54) is 0 Å². The molecule has 4 nitrogen and oxygen atoms in total. The van der Waals surface area contributed by atoms with Crippen molar-refractivity contribution in [3.05, 3.63) is 9.88 Å². The number of rotatable bonds is 3. The highest BCUT2D eigenvalue weighted by atomic mass is 32.1. The first kappa shape index (κ1) is 11.8. The first-order valence-electron chi connectivity index (χ1n) is 4.11. The SMILES string of the molecule is CCOC(=O)c1sc(C(C)(F)F)nc1O. The lowest BCUT2D eigenvalue weighted by atomic mass is 10.4. The third-order valence-electron chi connectivity index (χ3n) is 1.45. The van der Waals surface area contributed by atoms with Crippen LogP contribution < -0.4 is 0 Å². The Morgan fingerprint density at radius 3 is 2.67 bits per heavy atom. The monoisotopic (exact) mass is 237 g/mol. The molecule has 0 bridgehead atoms. The van der Waals surface area contributed by atoms with Gasteiger partial charge in [0, 0.05) is 6.92 Å². The van der Waals surface area contributed by atoms with E-state index in [2.05, 4.69) is 9.72 Å².